The molecule has 27 heavy (non-hydrogen) atoms. The van der Waals surface area contributed by atoms with E-state index in [2.05, 4.69) is 25.9 Å². The summed E-state index contributed by atoms with van der Waals surface area (Å²) >= 11 is 0. The molecule has 3 N–H and O–H groups in total. The van der Waals surface area contributed by atoms with Crippen molar-refractivity contribution in [3.8, 4) is 5.75 Å². The van der Waals surface area contributed by atoms with Crippen molar-refractivity contribution >= 4 is 29.0 Å². The minimum Gasteiger partial charge on any atom is -0.497 e. The lowest BCUT2D eigenvalue weighted by Crippen LogP contribution is -2.06. The van der Waals surface area contributed by atoms with Crippen LogP contribution in [0.2, 0.25) is 0 Å². The molecule has 0 radical (unpaired) electrons. The third-order valence-electron chi connectivity index (χ3n) is 3.75. The van der Waals surface area contributed by atoms with Crippen LogP contribution in [0.4, 0.5) is 23.1 Å². The van der Waals surface area contributed by atoms with Crippen molar-refractivity contribution in [2.24, 2.45) is 0 Å². The topological polar surface area (TPSA) is 88.2 Å². The first-order chi connectivity index (χ1) is 13.1. The number of carbonyl (C=O) groups is 1. The van der Waals surface area contributed by atoms with Crippen LogP contribution >= 0.6 is 0 Å². The average molecular weight is 363 g/mol. The van der Waals surface area contributed by atoms with Gasteiger partial charge in [0.05, 0.1) is 7.11 Å². The van der Waals surface area contributed by atoms with E-state index in [1.54, 1.807) is 13.3 Å². The van der Waals surface area contributed by atoms with Gasteiger partial charge in [-0.25, -0.2) is 4.98 Å². The SMILES string of the molecule is COc1ccc(CNc2ccnc(Nc3ccc(NC(C)=O)cc3)n2)cc1. The first-order valence-electron chi connectivity index (χ1n) is 8.47. The third kappa shape index (κ3) is 5.43. The van der Waals surface area contributed by atoms with Crippen molar-refractivity contribution in [2.45, 2.75) is 13.5 Å². The lowest BCUT2D eigenvalue weighted by molar-refractivity contribution is -0.114. The van der Waals surface area contributed by atoms with Crippen molar-refractivity contribution in [1.82, 2.24) is 9.97 Å². The van der Waals surface area contributed by atoms with Crippen LogP contribution in [0.5, 0.6) is 5.75 Å². The van der Waals surface area contributed by atoms with Crippen molar-refractivity contribution in [3.05, 3.63) is 66.4 Å². The number of nitrogens with one attached hydrogen (secondary N) is 3. The summed E-state index contributed by atoms with van der Waals surface area (Å²) in [6.45, 7) is 2.12. The van der Waals surface area contributed by atoms with E-state index in [4.69, 9.17) is 4.74 Å². The van der Waals surface area contributed by atoms with Gasteiger partial charge < -0.3 is 20.7 Å². The maximum absolute atomic E-state index is 11.1. The number of aromatic nitrogens is 2. The number of carbonyl (C=O) groups excluding carboxylic acids is 1. The smallest absolute Gasteiger partial charge is 0.229 e. The summed E-state index contributed by atoms with van der Waals surface area (Å²) in [5.41, 5.74) is 2.69. The van der Waals surface area contributed by atoms with E-state index in [0.717, 1.165) is 28.5 Å². The van der Waals surface area contributed by atoms with Crippen molar-refractivity contribution in [3.63, 3.8) is 0 Å². The molecular formula is C20H21N5O2. The molecule has 0 spiro atoms. The highest BCUT2D eigenvalue weighted by molar-refractivity contribution is 5.88. The van der Waals surface area contributed by atoms with Crippen LogP contribution < -0.4 is 20.7 Å². The van der Waals surface area contributed by atoms with Crippen LogP contribution in [-0.2, 0) is 11.3 Å². The van der Waals surface area contributed by atoms with E-state index in [1.807, 2.05) is 54.6 Å². The fraction of sp³-hybridized carbons (Fsp3) is 0.150. The molecule has 3 aromatic rings. The van der Waals surface area contributed by atoms with Gasteiger partial charge in [0.2, 0.25) is 11.9 Å². The fourth-order valence-electron chi connectivity index (χ4n) is 2.42. The number of amides is 1. The summed E-state index contributed by atoms with van der Waals surface area (Å²) in [4.78, 5) is 19.8. The molecule has 0 bridgehead atoms. The summed E-state index contributed by atoms with van der Waals surface area (Å²) in [7, 11) is 1.65. The number of nitrogens with zero attached hydrogens (tertiary/aromatic N) is 2. The average Bonchev–Trinajstić information content (AvgIpc) is 2.68. The first kappa shape index (κ1) is 18.2. The van der Waals surface area contributed by atoms with Gasteiger partial charge in [0.25, 0.3) is 0 Å². The molecule has 2 aromatic carbocycles. The van der Waals surface area contributed by atoms with Gasteiger partial charge in [-0.1, -0.05) is 12.1 Å². The van der Waals surface area contributed by atoms with Gasteiger partial charge in [0.1, 0.15) is 11.6 Å². The standard InChI is InChI=1S/C20H21N5O2/c1-14(26)23-16-5-7-17(8-6-16)24-20-21-12-11-19(25-20)22-13-15-3-9-18(27-2)10-4-15/h3-12H,13H2,1-2H3,(H,23,26)(H2,21,22,24,25). The highest BCUT2D eigenvalue weighted by atomic mass is 16.5. The molecule has 3 rings (SSSR count). The van der Waals surface area contributed by atoms with Gasteiger partial charge in [-0.05, 0) is 48.0 Å². The quantitative estimate of drug-likeness (QED) is 0.592. The van der Waals surface area contributed by atoms with Crippen LogP contribution in [-0.4, -0.2) is 23.0 Å². The molecule has 1 aromatic heterocycles. The monoisotopic (exact) mass is 363 g/mol. The summed E-state index contributed by atoms with van der Waals surface area (Å²) in [5, 5.41) is 9.15. The van der Waals surface area contributed by atoms with E-state index in [-0.39, 0.29) is 5.91 Å². The Bertz CT molecular complexity index is 895. The van der Waals surface area contributed by atoms with Crippen LogP contribution in [0.3, 0.4) is 0 Å². The number of benzene rings is 2. The van der Waals surface area contributed by atoms with E-state index in [1.165, 1.54) is 6.92 Å². The Kier molecular flexibility index (Phi) is 5.84. The Morgan fingerprint density at radius 1 is 1.00 bits per heavy atom. The first-order valence-corrected chi connectivity index (χ1v) is 8.47. The number of ether oxygens (including phenoxy) is 1. The molecule has 7 nitrogen and oxygen atoms in total. The van der Waals surface area contributed by atoms with Crippen molar-refractivity contribution in [2.75, 3.05) is 23.1 Å². The Labute approximate surface area is 157 Å². The molecule has 0 unspecified atom stereocenters. The van der Waals surface area contributed by atoms with Crippen LogP contribution in [0.1, 0.15) is 12.5 Å². The van der Waals surface area contributed by atoms with E-state index >= 15 is 0 Å². The zero-order valence-electron chi connectivity index (χ0n) is 15.2. The molecule has 1 heterocycles. The van der Waals surface area contributed by atoms with Gasteiger partial charge in [-0.2, -0.15) is 4.98 Å². The minimum absolute atomic E-state index is 0.102. The summed E-state index contributed by atoms with van der Waals surface area (Å²) < 4.78 is 5.16. The minimum atomic E-state index is -0.102. The molecule has 1 amide bonds. The number of hydrogen-bond donors (Lipinski definition) is 3. The van der Waals surface area contributed by atoms with Gasteiger partial charge >= 0.3 is 0 Å². The lowest BCUT2D eigenvalue weighted by Gasteiger charge is -2.09. The Hall–Kier alpha value is -3.61. The van der Waals surface area contributed by atoms with Gasteiger partial charge in [0.15, 0.2) is 0 Å². The second-order valence-corrected chi connectivity index (χ2v) is 5.85. The fourth-order valence-corrected chi connectivity index (χ4v) is 2.42. The van der Waals surface area contributed by atoms with Gasteiger partial charge in [-0.3, -0.25) is 4.79 Å². The highest BCUT2D eigenvalue weighted by Crippen LogP contribution is 2.18. The number of hydrogen-bond acceptors (Lipinski definition) is 6. The Morgan fingerprint density at radius 2 is 1.70 bits per heavy atom. The van der Waals surface area contributed by atoms with Gasteiger partial charge in [-0.15, -0.1) is 0 Å². The molecule has 0 fully saturated rings. The van der Waals surface area contributed by atoms with Crippen LogP contribution in [0.15, 0.2) is 60.8 Å². The number of anilines is 4. The normalized spacial score (nSPS) is 10.1. The molecule has 0 saturated heterocycles. The predicted molar refractivity (Wildman–Crippen MR) is 106 cm³/mol. The molecule has 0 aliphatic carbocycles. The number of methoxy groups -OCH3 is 1. The lowest BCUT2D eigenvalue weighted by atomic mass is 10.2. The highest BCUT2D eigenvalue weighted by Gasteiger charge is 2.02. The predicted octanol–water partition coefficient (Wildman–Crippen LogP) is 3.80. The summed E-state index contributed by atoms with van der Waals surface area (Å²) in [6, 6.07) is 17.0. The van der Waals surface area contributed by atoms with E-state index < -0.39 is 0 Å². The molecule has 0 atom stereocenters. The number of rotatable bonds is 7. The van der Waals surface area contributed by atoms with Crippen LogP contribution in [0, 0.1) is 0 Å². The molecule has 138 valence electrons. The second kappa shape index (κ2) is 8.66. The maximum atomic E-state index is 11.1. The molecule has 7 heteroatoms. The van der Waals surface area contributed by atoms with Crippen molar-refractivity contribution in [1.29, 1.82) is 0 Å². The third-order valence-corrected chi connectivity index (χ3v) is 3.75. The Morgan fingerprint density at radius 3 is 2.37 bits per heavy atom. The summed E-state index contributed by atoms with van der Waals surface area (Å²) in [6.07, 6.45) is 1.69. The second-order valence-electron chi connectivity index (χ2n) is 5.85. The van der Waals surface area contributed by atoms with Crippen LogP contribution in [0.25, 0.3) is 0 Å². The zero-order chi connectivity index (χ0) is 19.1. The zero-order valence-corrected chi connectivity index (χ0v) is 15.2. The summed E-state index contributed by atoms with van der Waals surface area (Å²) in [5.74, 6) is 1.94. The largest absolute Gasteiger partial charge is 0.497 e. The molecule has 0 aliphatic heterocycles. The van der Waals surface area contributed by atoms with Gasteiger partial charge in [0, 0.05) is 31.0 Å². The van der Waals surface area contributed by atoms with E-state index in [0.29, 0.717) is 12.5 Å². The molecule has 0 aliphatic rings. The maximum Gasteiger partial charge on any atom is 0.229 e. The van der Waals surface area contributed by atoms with Crippen molar-refractivity contribution < 1.29 is 9.53 Å². The molecular weight excluding hydrogens is 342 g/mol. The molecule has 0 saturated carbocycles. The van der Waals surface area contributed by atoms with E-state index in [9.17, 15) is 4.79 Å². The Balaban J connectivity index is 1.60.